The van der Waals surface area contributed by atoms with Crippen molar-refractivity contribution in [2.24, 2.45) is 5.41 Å². The van der Waals surface area contributed by atoms with Crippen LogP contribution in [0.5, 0.6) is 5.75 Å². The molecule has 1 heterocycles. The average molecular weight is 365 g/mol. The molecule has 0 bridgehead atoms. The van der Waals surface area contributed by atoms with E-state index in [4.69, 9.17) is 9.15 Å². The molecule has 3 rings (SSSR count). The highest BCUT2D eigenvalue weighted by Gasteiger charge is 2.23. The van der Waals surface area contributed by atoms with E-state index in [1.807, 2.05) is 33.8 Å². The Balaban J connectivity index is 1.94. The van der Waals surface area contributed by atoms with Gasteiger partial charge in [-0.3, -0.25) is 9.59 Å². The fourth-order valence-corrected chi connectivity index (χ4v) is 2.71. The van der Waals surface area contributed by atoms with Crippen molar-refractivity contribution in [2.45, 2.75) is 27.7 Å². The van der Waals surface area contributed by atoms with E-state index >= 15 is 0 Å². The van der Waals surface area contributed by atoms with Gasteiger partial charge in [0, 0.05) is 27.6 Å². The standard InChI is InChI=1S/C22H23NO4/c1-13-17-12-15(23-21(25)22(2,3)4)8-11-18(17)27-20(13)19(24)14-6-9-16(26-5)10-7-14/h6-12H,1-5H3,(H,23,25). The van der Waals surface area contributed by atoms with Crippen LogP contribution in [-0.2, 0) is 4.79 Å². The molecule has 0 saturated carbocycles. The summed E-state index contributed by atoms with van der Waals surface area (Å²) < 4.78 is 10.9. The molecule has 1 amide bonds. The molecule has 0 aliphatic carbocycles. The lowest BCUT2D eigenvalue weighted by Crippen LogP contribution is -2.27. The second-order valence-electron chi connectivity index (χ2n) is 7.53. The topological polar surface area (TPSA) is 68.5 Å². The molecule has 0 atom stereocenters. The van der Waals surface area contributed by atoms with Gasteiger partial charge in [-0.25, -0.2) is 0 Å². The quantitative estimate of drug-likeness (QED) is 0.663. The molecular weight excluding hydrogens is 342 g/mol. The predicted octanol–water partition coefficient (Wildman–Crippen LogP) is 4.97. The fraction of sp³-hybridized carbons (Fsp3) is 0.273. The van der Waals surface area contributed by atoms with Crippen molar-refractivity contribution in [2.75, 3.05) is 12.4 Å². The molecule has 0 saturated heterocycles. The maximum Gasteiger partial charge on any atom is 0.229 e. The highest BCUT2D eigenvalue weighted by atomic mass is 16.5. The first-order valence-corrected chi connectivity index (χ1v) is 8.74. The number of carbonyl (C=O) groups is 2. The molecule has 0 radical (unpaired) electrons. The van der Waals surface area contributed by atoms with Gasteiger partial charge >= 0.3 is 0 Å². The summed E-state index contributed by atoms with van der Waals surface area (Å²) >= 11 is 0. The van der Waals surface area contributed by atoms with Crippen LogP contribution >= 0.6 is 0 Å². The Hall–Kier alpha value is -3.08. The van der Waals surface area contributed by atoms with Crippen molar-refractivity contribution in [3.63, 3.8) is 0 Å². The monoisotopic (exact) mass is 365 g/mol. The zero-order valence-electron chi connectivity index (χ0n) is 16.2. The van der Waals surface area contributed by atoms with Gasteiger partial charge in [0.05, 0.1) is 7.11 Å². The van der Waals surface area contributed by atoms with E-state index < -0.39 is 5.41 Å². The summed E-state index contributed by atoms with van der Waals surface area (Å²) in [6.45, 7) is 7.42. The zero-order chi connectivity index (χ0) is 19.8. The normalized spacial score (nSPS) is 11.4. The van der Waals surface area contributed by atoms with Crippen molar-refractivity contribution in [3.8, 4) is 5.75 Å². The Kier molecular flexibility index (Phi) is 4.79. The van der Waals surface area contributed by atoms with E-state index in [2.05, 4.69) is 5.32 Å². The van der Waals surface area contributed by atoms with Crippen LogP contribution in [0.2, 0.25) is 0 Å². The van der Waals surface area contributed by atoms with E-state index in [9.17, 15) is 9.59 Å². The molecule has 1 aromatic heterocycles. The number of methoxy groups -OCH3 is 1. The highest BCUT2D eigenvalue weighted by molar-refractivity contribution is 6.11. The van der Waals surface area contributed by atoms with E-state index in [1.54, 1.807) is 43.5 Å². The number of furan rings is 1. The number of hydrogen-bond donors (Lipinski definition) is 1. The maximum atomic E-state index is 12.8. The van der Waals surface area contributed by atoms with Crippen LogP contribution < -0.4 is 10.1 Å². The first kappa shape index (κ1) is 18.7. The first-order chi connectivity index (χ1) is 12.7. The number of rotatable bonds is 4. The molecular formula is C22H23NO4. The highest BCUT2D eigenvalue weighted by Crippen LogP contribution is 2.30. The Morgan fingerprint density at radius 3 is 2.30 bits per heavy atom. The number of carbonyl (C=O) groups excluding carboxylic acids is 2. The molecule has 0 aliphatic rings. The van der Waals surface area contributed by atoms with Crippen molar-refractivity contribution in [3.05, 3.63) is 59.4 Å². The summed E-state index contributed by atoms with van der Waals surface area (Å²) in [4.78, 5) is 25.0. The molecule has 0 spiro atoms. The third-order valence-corrected chi connectivity index (χ3v) is 4.43. The molecule has 5 heteroatoms. The van der Waals surface area contributed by atoms with Gasteiger partial charge in [-0.05, 0) is 49.4 Å². The molecule has 0 aliphatic heterocycles. The van der Waals surface area contributed by atoms with Gasteiger partial charge in [-0.2, -0.15) is 0 Å². The van der Waals surface area contributed by atoms with Crippen LogP contribution in [0, 0.1) is 12.3 Å². The molecule has 140 valence electrons. The van der Waals surface area contributed by atoms with Crippen LogP contribution in [0.15, 0.2) is 46.9 Å². The third-order valence-electron chi connectivity index (χ3n) is 4.43. The number of anilines is 1. The number of benzene rings is 2. The molecule has 2 aromatic carbocycles. The van der Waals surface area contributed by atoms with E-state index in [1.165, 1.54) is 0 Å². The SMILES string of the molecule is COc1ccc(C(=O)c2oc3ccc(NC(=O)C(C)(C)C)cc3c2C)cc1. The molecule has 0 unspecified atom stereocenters. The summed E-state index contributed by atoms with van der Waals surface area (Å²) in [7, 11) is 1.58. The summed E-state index contributed by atoms with van der Waals surface area (Å²) in [5.41, 5.74) is 2.07. The Morgan fingerprint density at radius 2 is 1.70 bits per heavy atom. The number of fused-ring (bicyclic) bond motifs is 1. The van der Waals surface area contributed by atoms with Crippen LogP contribution in [0.1, 0.15) is 42.5 Å². The van der Waals surface area contributed by atoms with Crippen LogP contribution in [0.25, 0.3) is 11.0 Å². The van der Waals surface area contributed by atoms with Crippen LogP contribution in [-0.4, -0.2) is 18.8 Å². The number of aryl methyl sites for hydroxylation is 1. The summed E-state index contributed by atoms with van der Waals surface area (Å²) in [5.74, 6) is 0.728. The van der Waals surface area contributed by atoms with Crippen molar-refractivity contribution in [1.29, 1.82) is 0 Å². The Labute approximate surface area is 158 Å². The zero-order valence-corrected chi connectivity index (χ0v) is 16.2. The van der Waals surface area contributed by atoms with Crippen molar-refractivity contribution < 1.29 is 18.7 Å². The van der Waals surface area contributed by atoms with Gasteiger partial charge < -0.3 is 14.5 Å². The molecule has 0 fully saturated rings. The second kappa shape index (κ2) is 6.91. The summed E-state index contributed by atoms with van der Waals surface area (Å²) in [5, 5.41) is 3.71. The number of ketones is 1. The van der Waals surface area contributed by atoms with Gasteiger partial charge in [0.2, 0.25) is 11.7 Å². The van der Waals surface area contributed by atoms with Crippen molar-refractivity contribution in [1.82, 2.24) is 0 Å². The number of hydrogen-bond acceptors (Lipinski definition) is 4. The summed E-state index contributed by atoms with van der Waals surface area (Å²) in [6, 6.07) is 12.3. The van der Waals surface area contributed by atoms with Crippen LogP contribution in [0.4, 0.5) is 5.69 Å². The van der Waals surface area contributed by atoms with Gasteiger partial charge in [-0.15, -0.1) is 0 Å². The van der Waals surface area contributed by atoms with Gasteiger partial charge in [0.1, 0.15) is 11.3 Å². The smallest absolute Gasteiger partial charge is 0.229 e. The third kappa shape index (κ3) is 3.72. The molecule has 5 nitrogen and oxygen atoms in total. The van der Waals surface area contributed by atoms with Crippen LogP contribution in [0.3, 0.4) is 0 Å². The average Bonchev–Trinajstić information content (AvgIpc) is 2.97. The minimum absolute atomic E-state index is 0.0717. The van der Waals surface area contributed by atoms with E-state index in [-0.39, 0.29) is 11.7 Å². The van der Waals surface area contributed by atoms with E-state index in [0.29, 0.717) is 28.3 Å². The summed E-state index contributed by atoms with van der Waals surface area (Å²) in [6.07, 6.45) is 0. The number of ether oxygens (including phenoxy) is 1. The van der Waals surface area contributed by atoms with Gasteiger partial charge in [-0.1, -0.05) is 20.8 Å². The minimum atomic E-state index is -0.490. The minimum Gasteiger partial charge on any atom is -0.497 e. The lowest BCUT2D eigenvalue weighted by atomic mass is 9.95. The van der Waals surface area contributed by atoms with E-state index in [0.717, 1.165) is 10.9 Å². The number of nitrogens with one attached hydrogen (secondary N) is 1. The maximum absolute atomic E-state index is 12.8. The Morgan fingerprint density at radius 1 is 1.04 bits per heavy atom. The van der Waals surface area contributed by atoms with Crippen molar-refractivity contribution >= 4 is 28.3 Å². The predicted molar refractivity (Wildman–Crippen MR) is 105 cm³/mol. The first-order valence-electron chi connectivity index (χ1n) is 8.74. The Bertz CT molecular complexity index is 1010. The lowest BCUT2D eigenvalue weighted by molar-refractivity contribution is -0.123. The van der Waals surface area contributed by atoms with Gasteiger partial charge in [0.25, 0.3) is 0 Å². The second-order valence-corrected chi connectivity index (χ2v) is 7.53. The fourth-order valence-electron chi connectivity index (χ4n) is 2.71. The molecule has 1 N–H and O–H groups in total. The lowest BCUT2D eigenvalue weighted by Gasteiger charge is -2.17. The van der Waals surface area contributed by atoms with Gasteiger partial charge in [0.15, 0.2) is 5.76 Å². The largest absolute Gasteiger partial charge is 0.497 e. The molecule has 3 aromatic rings. The molecule has 27 heavy (non-hydrogen) atoms. The number of amides is 1.